The Bertz CT molecular complexity index is 857. The molecular weight excluding hydrogens is 332 g/mol. The van der Waals surface area contributed by atoms with Crippen LogP contribution in [0.15, 0.2) is 48.5 Å². The first kappa shape index (κ1) is 15.6. The lowest BCUT2D eigenvalue weighted by atomic mass is 10.3. The molecule has 0 atom stereocenters. The first-order valence-electron chi connectivity index (χ1n) is 6.98. The predicted molar refractivity (Wildman–Crippen MR) is 94.1 cm³/mol. The molecule has 0 amide bonds. The van der Waals surface area contributed by atoms with Crippen molar-refractivity contribution in [1.82, 2.24) is 14.8 Å². The molecule has 3 rings (SSSR count). The molecule has 0 bridgehead atoms. The second-order valence-electron chi connectivity index (χ2n) is 4.81. The van der Waals surface area contributed by atoms with Crippen LogP contribution in [0.2, 0.25) is 5.02 Å². The number of nitrogens with one attached hydrogen (secondary N) is 2. The van der Waals surface area contributed by atoms with Gasteiger partial charge in [0, 0.05) is 5.69 Å². The second kappa shape index (κ2) is 6.85. The summed E-state index contributed by atoms with van der Waals surface area (Å²) in [7, 11) is 1.64. The highest BCUT2D eigenvalue weighted by Gasteiger charge is 2.09. The van der Waals surface area contributed by atoms with E-state index < -0.39 is 0 Å². The average Bonchev–Trinajstić information content (AvgIpc) is 2.95. The van der Waals surface area contributed by atoms with Crippen LogP contribution < -0.4 is 10.1 Å². The van der Waals surface area contributed by atoms with E-state index in [0.717, 1.165) is 22.9 Å². The molecule has 1 aromatic heterocycles. The monoisotopic (exact) mass is 346 g/mol. The van der Waals surface area contributed by atoms with E-state index in [4.69, 9.17) is 28.6 Å². The van der Waals surface area contributed by atoms with Crippen LogP contribution in [0.5, 0.6) is 5.75 Å². The summed E-state index contributed by atoms with van der Waals surface area (Å²) in [5, 5.41) is 11.0. The Balaban J connectivity index is 1.86. The van der Waals surface area contributed by atoms with Crippen molar-refractivity contribution in [3.05, 3.63) is 64.1 Å². The fraction of sp³-hybridized carbons (Fsp3) is 0.125. The van der Waals surface area contributed by atoms with E-state index in [-0.39, 0.29) is 0 Å². The van der Waals surface area contributed by atoms with Gasteiger partial charge in [-0.05, 0) is 48.6 Å². The van der Waals surface area contributed by atoms with E-state index in [1.807, 2.05) is 53.1 Å². The van der Waals surface area contributed by atoms with Crippen molar-refractivity contribution in [1.29, 1.82) is 0 Å². The molecule has 7 heteroatoms. The maximum Gasteiger partial charge on any atom is 0.199 e. The first-order valence-corrected chi connectivity index (χ1v) is 7.77. The number of hydrogen-bond acceptors (Lipinski definition) is 4. The molecule has 0 radical (unpaired) electrons. The molecule has 0 aliphatic rings. The van der Waals surface area contributed by atoms with Crippen molar-refractivity contribution < 1.29 is 4.74 Å². The highest BCUT2D eigenvalue weighted by atomic mass is 35.5. The van der Waals surface area contributed by atoms with Gasteiger partial charge in [0.1, 0.15) is 5.75 Å². The van der Waals surface area contributed by atoms with Gasteiger partial charge in [0.2, 0.25) is 0 Å². The van der Waals surface area contributed by atoms with E-state index in [0.29, 0.717) is 16.3 Å². The zero-order valence-electron chi connectivity index (χ0n) is 12.4. The van der Waals surface area contributed by atoms with Crippen LogP contribution in [0.4, 0.5) is 5.69 Å². The summed E-state index contributed by atoms with van der Waals surface area (Å²) in [6.45, 7) is 0.489. The van der Waals surface area contributed by atoms with E-state index >= 15 is 0 Å². The number of anilines is 1. The van der Waals surface area contributed by atoms with Gasteiger partial charge < -0.3 is 10.1 Å². The fourth-order valence-corrected chi connectivity index (χ4v) is 2.68. The Morgan fingerprint density at radius 2 is 1.96 bits per heavy atom. The summed E-state index contributed by atoms with van der Waals surface area (Å²) in [5.41, 5.74) is 1.77. The first-order chi connectivity index (χ1) is 11.2. The Morgan fingerprint density at radius 1 is 1.22 bits per heavy atom. The number of halogens is 1. The van der Waals surface area contributed by atoms with Crippen LogP contribution >= 0.6 is 23.8 Å². The molecule has 0 saturated heterocycles. The van der Waals surface area contributed by atoms with Gasteiger partial charge >= 0.3 is 0 Å². The molecule has 0 saturated carbocycles. The third-order valence-electron chi connectivity index (χ3n) is 3.38. The minimum Gasteiger partial charge on any atom is -0.497 e. The van der Waals surface area contributed by atoms with E-state index in [2.05, 4.69) is 15.5 Å². The molecule has 0 aliphatic heterocycles. The molecule has 118 valence electrons. The van der Waals surface area contributed by atoms with Gasteiger partial charge in [-0.1, -0.05) is 23.7 Å². The largest absolute Gasteiger partial charge is 0.497 e. The molecule has 2 aromatic carbocycles. The number of aromatic nitrogens is 3. The zero-order valence-corrected chi connectivity index (χ0v) is 14.0. The molecule has 1 heterocycles. The minimum absolute atomic E-state index is 0.489. The maximum atomic E-state index is 6.15. The van der Waals surface area contributed by atoms with Crippen molar-refractivity contribution in [2.24, 2.45) is 0 Å². The van der Waals surface area contributed by atoms with Gasteiger partial charge in [-0.25, -0.2) is 0 Å². The number of methoxy groups -OCH3 is 1. The van der Waals surface area contributed by atoms with Gasteiger partial charge in [0.05, 0.1) is 24.4 Å². The van der Waals surface area contributed by atoms with Crippen molar-refractivity contribution in [3.63, 3.8) is 0 Å². The number of ether oxygens (including phenoxy) is 1. The number of rotatable bonds is 5. The number of aromatic amines is 1. The van der Waals surface area contributed by atoms with Crippen LogP contribution in [0.25, 0.3) is 5.69 Å². The molecule has 3 aromatic rings. The average molecular weight is 347 g/mol. The van der Waals surface area contributed by atoms with E-state index in [9.17, 15) is 0 Å². The van der Waals surface area contributed by atoms with E-state index in [1.54, 1.807) is 7.11 Å². The van der Waals surface area contributed by atoms with E-state index in [1.165, 1.54) is 0 Å². The number of benzene rings is 2. The molecule has 0 aliphatic carbocycles. The molecule has 2 N–H and O–H groups in total. The smallest absolute Gasteiger partial charge is 0.199 e. The lowest BCUT2D eigenvalue weighted by Gasteiger charge is -2.10. The Hall–Kier alpha value is -2.31. The summed E-state index contributed by atoms with van der Waals surface area (Å²) in [4.78, 5) is 0. The summed E-state index contributed by atoms with van der Waals surface area (Å²) < 4.78 is 7.59. The molecule has 0 spiro atoms. The summed E-state index contributed by atoms with van der Waals surface area (Å²) in [5.74, 6) is 1.56. The van der Waals surface area contributed by atoms with Gasteiger partial charge in [0.25, 0.3) is 0 Å². The third-order valence-corrected chi connectivity index (χ3v) is 3.99. The van der Waals surface area contributed by atoms with Gasteiger partial charge in [-0.2, -0.15) is 5.10 Å². The molecular formula is C16H15ClN4OS. The molecule has 23 heavy (non-hydrogen) atoms. The van der Waals surface area contributed by atoms with Gasteiger partial charge in [-0.3, -0.25) is 9.67 Å². The molecule has 0 unspecified atom stereocenters. The SMILES string of the molecule is COc1ccc(-n2c(CNc3ccccc3Cl)n[nH]c2=S)cc1. The normalized spacial score (nSPS) is 10.5. The Kier molecular flexibility index (Phi) is 4.64. The topological polar surface area (TPSA) is 54.9 Å². The summed E-state index contributed by atoms with van der Waals surface area (Å²) in [6.07, 6.45) is 0. The third kappa shape index (κ3) is 3.38. The molecule has 5 nitrogen and oxygen atoms in total. The van der Waals surface area contributed by atoms with Crippen molar-refractivity contribution >= 4 is 29.5 Å². The van der Waals surface area contributed by atoms with Crippen molar-refractivity contribution in [3.8, 4) is 11.4 Å². The predicted octanol–water partition coefficient (Wildman–Crippen LogP) is 4.20. The lowest BCUT2D eigenvalue weighted by molar-refractivity contribution is 0.414. The number of nitrogens with zero attached hydrogens (tertiary/aromatic N) is 2. The quantitative estimate of drug-likeness (QED) is 0.680. The number of hydrogen-bond donors (Lipinski definition) is 2. The highest BCUT2D eigenvalue weighted by Crippen LogP contribution is 2.22. The lowest BCUT2D eigenvalue weighted by Crippen LogP contribution is -2.08. The summed E-state index contributed by atoms with van der Waals surface area (Å²) in [6, 6.07) is 15.2. The van der Waals surface area contributed by atoms with Crippen LogP contribution in [-0.2, 0) is 6.54 Å². The minimum atomic E-state index is 0.489. The molecule has 0 fully saturated rings. The summed E-state index contributed by atoms with van der Waals surface area (Å²) >= 11 is 11.5. The maximum absolute atomic E-state index is 6.15. The van der Waals surface area contributed by atoms with Crippen molar-refractivity contribution in [2.45, 2.75) is 6.54 Å². The van der Waals surface area contributed by atoms with Crippen LogP contribution in [0.1, 0.15) is 5.82 Å². The standard InChI is InChI=1S/C16H15ClN4OS/c1-22-12-8-6-11(7-9-12)21-15(19-20-16(21)23)10-18-14-5-3-2-4-13(14)17/h2-9,18H,10H2,1H3,(H,20,23). The van der Waals surface area contributed by atoms with Crippen LogP contribution in [0, 0.1) is 4.77 Å². The van der Waals surface area contributed by atoms with Crippen molar-refractivity contribution in [2.75, 3.05) is 12.4 Å². The van der Waals surface area contributed by atoms with Crippen LogP contribution in [0.3, 0.4) is 0 Å². The number of H-pyrrole nitrogens is 1. The zero-order chi connectivity index (χ0) is 16.2. The fourth-order valence-electron chi connectivity index (χ4n) is 2.22. The Morgan fingerprint density at radius 3 is 2.65 bits per heavy atom. The van der Waals surface area contributed by atoms with Gasteiger partial charge in [-0.15, -0.1) is 0 Å². The Labute approximate surface area is 143 Å². The van der Waals surface area contributed by atoms with Gasteiger partial charge in [0.15, 0.2) is 10.6 Å². The van der Waals surface area contributed by atoms with Crippen LogP contribution in [-0.4, -0.2) is 21.9 Å². The second-order valence-corrected chi connectivity index (χ2v) is 5.61. The number of para-hydroxylation sites is 1. The highest BCUT2D eigenvalue weighted by molar-refractivity contribution is 7.71.